The average molecular weight is 577 g/mol. The minimum atomic E-state index is -3.64. The van der Waals surface area contributed by atoms with Crippen LogP contribution in [0, 0.1) is 0 Å². The summed E-state index contributed by atoms with van der Waals surface area (Å²) in [5, 5.41) is 13.1. The summed E-state index contributed by atoms with van der Waals surface area (Å²) < 4.78 is 24.9. The molecule has 1 fully saturated rings. The number of amides is 2. The fourth-order valence-corrected chi connectivity index (χ4v) is 6.37. The van der Waals surface area contributed by atoms with Gasteiger partial charge in [-0.3, -0.25) is 14.4 Å². The molecule has 0 saturated carbocycles. The quantitative estimate of drug-likeness (QED) is 0.329. The summed E-state index contributed by atoms with van der Waals surface area (Å²) in [6.45, 7) is 0.183. The Morgan fingerprint density at radius 1 is 1.16 bits per heavy atom. The highest BCUT2D eigenvalue weighted by atomic mass is 35.5. The van der Waals surface area contributed by atoms with Crippen LogP contribution in [0.5, 0.6) is 5.75 Å². The Balaban J connectivity index is 1.45. The van der Waals surface area contributed by atoms with E-state index in [1.54, 1.807) is 35.2 Å². The van der Waals surface area contributed by atoms with Crippen LogP contribution in [0.15, 0.2) is 69.2 Å². The normalized spacial score (nSPS) is 15.4. The lowest BCUT2D eigenvalue weighted by atomic mass is 10.2. The number of benzene rings is 2. The number of sulfone groups is 1. The minimum Gasteiger partial charge on any atom is -0.501 e. The van der Waals surface area contributed by atoms with Crippen molar-refractivity contribution < 1.29 is 23.1 Å². The number of nitrogens with one attached hydrogen (secondary N) is 2. The van der Waals surface area contributed by atoms with Gasteiger partial charge in [0.1, 0.15) is 5.82 Å². The second-order valence-electron chi connectivity index (χ2n) is 8.50. The highest BCUT2D eigenvalue weighted by Gasteiger charge is 2.33. The van der Waals surface area contributed by atoms with Gasteiger partial charge in [0.15, 0.2) is 15.5 Å². The fraction of sp³-hybridized carbons (Fsp3) is 0.280. The molecule has 200 valence electrons. The average Bonchev–Trinajstić information content (AvgIpc) is 3.40. The summed E-state index contributed by atoms with van der Waals surface area (Å²) in [5.74, 6) is -2.17. The molecule has 10 nitrogen and oxygen atoms in total. The first-order chi connectivity index (χ1) is 18.2. The zero-order valence-electron chi connectivity index (χ0n) is 20.1. The number of likely N-dealkylation sites (tertiary alicyclic amines) is 1. The van der Waals surface area contributed by atoms with Crippen LogP contribution in [-0.4, -0.2) is 64.8 Å². The van der Waals surface area contributed by atoms with E-state index in [1.165, 1.54) is 23.9 Å². The predicted molar refractivity (Wildman–Crippen MR) is 143 cm³/mol. The maximum absolute atomic E-state index is 13.0. The Kier molecular flexibility index (Phi) is 8.75. The van der Waals surface area contributed by atoms with E-state index in [4.69, 9.17) is 11.6 Å². The van der Waals surface area contributed by atoms with Gasteiger partial charge in [-0.25, -0.2) is 13.4 Å². The summed E-state index contributed by atoms with van der Waals surface area (Å²) in [6.07, 6.45) is 1.17. The molecule has 13 heteroatoms. The largest absolute Gasteiger partial charge is 0.501 e. The summed E-state index contributed by atoms with van der Waals surface area (Å²) in [4.78, 5) is 47.2. The molecule has 2 aromatic carbocycles. The van der Waals surface area contributed by atoms with E-state index in [0.717, 1.165) is 4.90 Å². The van der Waals surface area contributed by atoms with Gasteiger partial charge >= 0.3 is 0 Å². The summed E-state index contributed by atoms with van der Waals surface area (Å²) in [7, 11) is -3.64. The lowest BCUT2D eigenvalue weighted by molar-refractivity contribution is -0.129. The van der Waals surface area contributed by atoms with Crippen LogP contribution in [0.2, 0.25) is 5.02 Å². The van der Waals surface area contributed by atoms with Crippen LogP contribution < -0.4 is 10.9 Å². The Morgan fingerprint density at radius 2 is 1.87 bits per heavy atom. The smallest absolute Gasteiger partial charge is 0.294 e. The van der Waals surface area contributed by atoms with Crippen LogP contribution >= 0.6 is 23.4 Å². The fourth-order valence-electron chi connectivity index (χ4n) is 4.06. The summed E-state index contributed by atoms with van der Waals surface area (Å²) in [6, 6.07) is 14.4. The van der Waals surface area contributed by atoms with E-state index in [9.17, 15) is 27.9 Å². The molecule has 1 atom stereocenters. The van der Waals surface area contributed by atoms with E-state index in [2.05, 4.69) is 15.3 Å². The number of carbonyl (C=O) groups is 2. The topological polar surface area (TPSA) is 150 Å². The maximum Gasteiger partial charge on any atom is 0.294 e. The van der Waals surface area contributed by atoms with Gasteiger partial charge in [0.25, 0.3) is 11.5 Å². The monoisotopic (exact) mass is 576 g/mol. The Hall–Kier alpha value is -3.35. The third kappa shape index (κ3) is 6.37. The SMILES string of the molecule is O=C(NCCS(=O)(=O)c1ccccc1)c1nc([C@@H]2CCCN2C(=O)CSc2ccccc2Cl)[nH]c(=O)c1O. The van der Waals surface area contributed by atoms with Crippen molar-refractivity contribution in [1.82, 2.24) is 20.2 Å². The molecule has 2 amide bonds. The first-order valence-electron chi connectivity index (χ1n) is 11.7. The summed E-state index contributed by atoms with van der Waals surface area (Å²) >= 11 is 7.47. The Labute approximate surface area is 228 Å². The number of nitrogens with zero attached hydrogens (tertiary/aromatic N) is 2. The molecule has 0 spiro atoms. The van der Waals surface area contributed by atoms with Crippen molar-refractivity contribution in [2.24, 2.45) is 0 Å². The molecule has 0 aliphatic carbocycles. The lowest BCUT2D eigenvalue weighted by Crippen LogP contribution is -2.35. The van der Waals surface area contributed by atoms with Gasteiger partial charge < -0.3 is 20.3 Å². The molecule has 0 radical (unpaired) electrons. The molecule has 3 N–H and O–H groups in total. The van der Waals surface area contributed by atoms with Crippen molar-refractivity contribution in [3.05, 3.63) is 81.5 Å². The number of hydrogen-bond acceptors (Lipinski definition) is 8. The molecule has 3 aromatic rings. The number of hydrogen-bond donors (Lipinski definition) is 3. The highest BCUT2D eigenvalue weighted by Crippen LogP contribution is 2.32. The number of thioether (sulfide) groups is 1. The van der Waals surface area contributed by atoms with Crippen molar-refractivity contribution in [2.75, 3.05) is 24.6 Å². The third-order valence-electron chi connectivity index (χ3n) is 5.96. The van der Waals surface area contributed by atoms with Gasteiger partial charge in [0.05, 0.1) is 27.5 Å². The Bertz CT molecular complexity index is 1500. The van der Waals surface area contributed by atoms with Crippen LogP contribution in [0.3, 0.4) is 0 Å². The van der Waals surface area contributed by atoms with Crippen LogP contribution in [0.4, 0.5) is 0 Å². The molecule has 1 saturated heterocycles. The van der Waals surface area contributed by atoms with Crippen LogP contribution in [0.25, 0.3) is 0 Å². The number of carbonyl (C=O) groups excluding carboxylic acids is 2. The van der Waals surface area contributed by atoms with E-state index in [1.807, 2.05) is 12.1 Å². The first-order valence-corrected chi connectivity index (χ1v) is 14.7. The maximum atomic E-state index is 13.0. The molecule has 1 aliphatic heterocycles. The summed E-state index contributed by atoms with van der Waals surface area (Å²) in [5.41, 5.74) is -1.47. The van der Waals surface area contributed by atoms with E-state index in [0.29, 0.717) is 24.4 Å². The molecule has 38 heavy (non-hydrogen) atoms. The van der Waals surface area contributed by atoms with Gasteiger partial charge in [-0.2, -0.15) is 0 Å². The number of aromatic amines is 1. The highest BCUT2D eigenvalue weighted by molar-refractivity contribution is 8.00. The van der Waals surface area contributed by atoms with Gasteiger partial charge in [-0.15, -0.1) is 11.8 Å². The van der Waals surface area contributed by atoms with E-state index < -0.39 is 38.8 Å². The number of aromatic nitrogens is 2. The zero-order valence-corrected chi connectivity index (χ0v) is 22.5. The standard InChI is InChI=1S/C25H25ClN4O6S2/c26-17-9-4-5-11-19(17)37-15-20(31)30-13-6-10-18(30)23-28-21(22(32)25(34)29-23)24(33)27-12-14-38(35,36)16-7-2-1-3-8-16/h1-5,7-9,11,18,32H,6,10,12-15H2,(H,27,33)(H,28,29,34)/t18-/m0/s1. The number of rotatable bonds is 9. The van der Waals surface area contributed by atoms with E-state index in [-0.39, 0.29) is 34.7 Å². The number of aromatic hydroxyl groups is 1. The minimum absolute atomic E-state index is 0.0726. The van der Waals surface area contributed by atoms with Gasteiger partial charge in [0, 0.05) is 18.0 Å². The molecular weight excluding hydrogens is 552 g/mol. The lowest BCUT2D eigenvalue weighted by Gasteiger charge is -2.24. The van der Waals surface area contributed by atoms with E-state index >= 15 is 0 Å². The van der Waals surface area contributed by atoms with Gasteiger partial charge in [-0.05, 0) is 37.1 Å². The van der Waals surface area contributed by atoms with Crippen molar-refractivity contribution in [3.63, 3.8) is 0 Å². The van der Waals surface area contributed by atoms with Crippen molar-refractivity contribution in [3.8, 4) is 5.75 Å². The van der Waals surface area contributed by atoms with Crippen molar-refractivity contribution in [2.45, 2.75) is 28.7 Å². The zero-order chi connectivity index (χ0) is 27.3. The number of halogens is 1. The van der Waals surface area contributed by atoms with Gasteiger partial charge in [-0.1, -0.05) is 41.9 Å². The molecule has 1 aliphatic rings. The second-order valence-corrected chi connectivity index (χ2v) is 12.0. The molecule has 0 bridgehead atoms. The molecule has 4 rings (SSSR count). The van der Waals surface area contributed by atoms with Crippen molar-refractivity contribution in [1.29, 1.82) is 0 Å². The number of H-pyrrole nitrogens is 1. The second kappa shape index (κ2) is 12.0. The van der Waals surface area contributed by atoms with Crippen LogP contribution in [0.1, 0.15) is 35.2 Å². The van der Waals surface area contributed by atoms with Crippen LogP contribution in [-0.2, 0) is 14.6 Å². The first kappa shape index (κ1) is 27.7. The molecule has 0 unspecified atom stereocenters. The molecular formula is C25H25ClN4O6S2. The molecule has 1 aromatic heterocycles. The Morgan fingerprint density at radius 3 is 2.61 bits per heavy atom. The van der Waals surface area contributed by atoms with Crippen molar-refractivity contribution >= 4 is 45.0 Å². The predicted octanol–water partition coefficient (Wildman–Crippen LogP) is 2.79. The third-order valence-corrected chi connectivity index (χ3v) is 9.20. The molecule has 2 heterocycles. The van der Waals surface area contributed by atoms with Gasteiger partial charge in [0.2, 0.25) is 11.7 Å².